The lowest BCUT2D eigenvalue weighted by atomic mass is 9.83. The lowest BCUT2D eigenvalue weighted by Gasteiger charge is -2.27. The molecule has 1 aliphatic rings. The van der Waals surface area contributed by atoms with Crippen LogP contribution in [0.25, 0.3) is 0 Å². The van der Waals surface area contributed by atoms with Gasteiger partial charge in [0.1, 0.15) is 36.4 Å². The zero-order chi connectivity index (χ0) is 23.8. The molecule has 1 aliphatic heterocycles. The van der Waals surface area contributed by atoms with Gasteiger partial charge in [0.05, 0.1) is 25.2 Å². The zero-order valence-electron chi connectivity index (χ0n) is 18.8. The fourth-order valence-electron chi connectivity index (χ4n) is 3.50. The topological polar surface area (TPSA) is 113 Å². The molecule has 0 saturated heterocycles. The Morgan fingerprint density at radius 1 is 1.12 bits per heavy atom. The van der Waals surface area contributed by atoms with Gasteiger partial charge in [-0.15, -0.1) is 0 Å². The summed E-state index contributed by atoms with van der Waals surface area (Å²) in [4.78, 5) is 12.7. The molecule has 0 radical (unpaired) electrons. The van der Waals surface area contributed by atoms with Gasteiger partial charge in [0.25, 0.3) is 0 Å². The third-order valence-electron chi connectivity index (χ3n) is 4.97. The summed E-state index contributed by atoms with van der Waals surface area (Å²) in [5.41, 5.74) is 6.91. The van der Waals surface area contributed by atoms with Crippen LogP contribution >= 0.6 is 0 Å². The number of nitriles is 1. The second-order valence-corrected chi connectivity index (χ2v) is 7.04. The molecule has 8 nitrogen and oxygen atoms in total. The maximum atomic E-state index is 12.7. The molecule has 2 aromatic rings. The molecule has 3 rings (SSSR count). The number of hydrogen-bond donors (Lipinski definition) is 1. The van der Waals surface area contributed by atoms with Crippen LogP contribution in [0, 0.1) is 11.3 Å². The number of nitrogens with two attached hydrogens (primary N) is 1. The van der Waals surface area contributed by atoms with E-state index < -0.39 is 11.9 Å². The van der Waals surface area contributed by atoms with Gasteiger partial charge in [0.15, 0.2) is 11.5 Å². The third-order valence-corrected chi connectivity index (χ3v) is 4.97. The van der Waals surface area contributed by atoms with Crippen LogP contribution in [0.4, 0.5) is 0 Å². The lowest BCUT2D eigenvalue weighted by molar-refractivity contribution is -0.139. The number of hydrogen-bond acceptors (Lipinski definition) is 8. The van der Waals surface area contributed by atoms with Crippen LogP contribution in [0.2, 0.25) is 0 Å². The summed E-state index contributed by atoms with van der Waals surface area (Å²) in [6, 6.07) is 16.7. The Bertz CT molecular complexity index is 1100. The summed E-state index contributed by atoms with van der Waals surface area (Å²) in [7, 11) is 1.51. The Morgan fingerprint density at radius 3 is 2.52 bits per heavy atom. The number of rotatable bonds is 9. The highest BCUT2D eigenvalue weighted by atomic mass is 16.5. The van der Waals surface area contributed by atoms with Crippen LogP contribution in [0.3, 0.4) is 0 Å². The molecule has 0 fully saturated rings. The average molecular weight is 450 g/mol. The first kappa shape index (κ1) is 23.5. The summed E-state index contributed by atoms with van der Waals surface area (Å²) < 4.78 is 27.6. The molecule has 1 atom stereocenters. The zero-order valence-corrected chi connectivity index (χ0v) is 18.8. The summed E-state index contributed by atoms with van der Waals surface area (Å²) in [6.07, 6.45) is 0. The minimum absolute atomic E-state index is 0.0506. The van der Waals surface area contributed by atoms with Crippen molar-refractivity contribution in [2.75, 3.05) is 26.9 Å². The number of carbonyl (C=O) groups is 1. The Balaban J connectivity index is 1.84. The predicted molar refractivity (Wildman–Crippen MR) is 120 cm³/mol. The molecule has 172 valence electrons. The summed E-state index contributed by atoms with van der Waals surface area (Å²) in [5.74, 6) is 0.599. The third kappa shape index (κ3) is 5.39. The predicted octanol–water partition coefficient (Wildman–Crippen LogP) is 3.80. The first-order chi connectivity index (χ1) is 16.0. The van der Waals surface area contributed by atoms with E-state index >= 15 is 0 Å². The van der Waals surface area contributed by atoms with Crippen molar-refractivity contribution >= 4 is 5.97 Å². The van der Waals surface area contributed by atoms with E-state index in [1.807, 2.05) is 30.3 Å². The number of carbonyl (C=O) groups excluding carboxylic acids is 1. The molecule has 1 heterocycles. The van der Waals surface area contributed by atoms with Crippen LogP contribution in [-0.4, -0.2) is 32.9 Å². The van der Waals surface area contributed by atoms with Crippen molar-refractivity contribution in [1.29, 1.82) is 5.26 Å². The van der Waals surface area contributed by atoms with E-state index in [0.29, 0.717) is 30.3 Å². The molecule has 0 aliphatic carbocycles. The van der Waals surface area contributed by atoms with Crippen molar-refractivity contribution in [1.82, 2.24) is 0 Å². The second kappa shape index (κ2) is 11.0. The van der Waals surface area contributed by atoms with Crippen molar-refractivity contribution < 1.29 is 28.5 Å². The van der Waals surface area contributed by atoms with Crippen molar-refractivity contribution in [3.05, 3.63) is 76.9 Å². The molecule has 0 bridgehead atoms. The van der Waals surface area contributed by atoms with E-state index in [1.54, 1.807) is 32.0 Å². The van der Waals surface area contributed by atoms with E-state index in [2.05, 4.69) is 6.07 Å². The van der Waals surface area contributed by atoms with Gasteiger partial charge in [-0.05, 0) is 43.7 Å². The molecule has 0 saturated carbocycles. The molecule has 33 heavy (non-hydrogen) atoms. The standard InChI is InChI=1S/C25H26N2O6/c1-4-30-25(28)22-16(2)33-24(27)19(15-26)23(22)17-10-11-20(21(14-17)29-3)32-13-12-31-18-8-6-5-7-9-18/h5-11,14,23H,4,12-13,27H2,1-3H3. The molecule has 2 aromatic carbocycles. The van der Waals surface area contributed by atoms with Gasteiger partial charge >= 0.3 is 5.97 Å². The molecule has 0 spiro atoms. The average Bonchev–Trinajstić information content (AvgIpc) is 2.82. The van der Waals surface area contributed by atoms with Gasteiger partial charge in [-0.25, -0.2) is 4.79 Å². The summed E-state index contributed by atoms with van der Waals surface area (Å²) in [6.45, 7) is 4.15. The highest BCUT2D eigenvalue weighted by molar-refractivity contribution is 5.92. The molecule has 2 N–H and O–H groups in total. The van der Waals surface area contributed by atoms with Crippen LogP contribution in [0.1, 0.15) is 25.3 Å². The Kier molecular flexibility index (Phi) is 7.82. The SMILES string of the molecule is CCOC(=O)C1=C(C)OC(N)=C(C#N)C1c1ccc(OCCOc2ccccc2)c(OC)c1. The van der Waals surface area contributed by atoms with Gasteiger partial charge in [-0.2, -0.15) is 5.26 Å². The number of para-hydroxylation sites is 1. The first-order valence-electron chi connectivity index (χ1n) is 10.4. The van der Waals surface area contributed by atoms with E-state index in [1.165, 1.54) is 7.11 Å². The minimum atomic E-state index is -0.757. The maximum absolute atomic E-state index is 12.7. The smallest absolute Gasteiger partial charge is 0.338 e. The van der Waals surface area contributed by atoms with Gasteiger partial charge in [-0.3, -0.25) is 0 Å². The summed E-state index contributed by atoms with van der Waals surface area (Å²) >= 11 is 0. The fourth-order valence-corrected chi connectivity index (χ4v) is 3.50. The normalized spacial score (nSPS) is 15.4. The van der Waals surface area contributed by atoms with Crippen LogP contribution in [0.5, 0.6) is 17.2 Å². The Hall–Kier alpha value is -4.12. The molecular weight excluding hydrogens is 424 g/mol. The molecule has 8 heteroatoms. The van der Waals surface area contributed by atoms with E-state index in [9.17, 15) is 10.1 Å². The quantitative estimate of drug-likeness (QED) is 0.453. The number of esters is 1. The molecule has 0 amide bonds. The van der Waals surface area contributed by atoms with E-state index in [0.717, 1.165) is 5.75 Å². The van der Waals surface area contributed by atoms with Gasteiger partial charge in [-0.1, -0.05) is 24.3 Å². The second-order valence-electron chi connectivity index (χ2n) is 7.04. The van der Waals surface area contributed by atoms with E-state index in [-0.39, 0.29) is 29.4 Å². The van der Waals surface area contributed by atoms with E-state index in [4.69, 9.17) is 29.4 Å². The van der Waals surface area contributed by atoms with Crippen molar-refractivity contribution in [2.45, 2.75) is 19.8 Å². The number of nitrogens with zero attached hydrogens (tertiary/aromatic N) is 1. The molecular formula is C25H26N2O6. The number of allylic oxidation sites excluding steroid dienone is 2. The molecule has 1 unspecified atom stereocenters. The van der Waals surface area contributed by atoms with Gasteiger partial charge < -0.3 is 29.4 Å². The maximum Gasteiger partial charge on any atom is 0.338 e. The van der Waals surface area contributed by atoms with Crippen molar-refractivity contribution in [3.8, 4) is 23.3 Å². The minimum Gasteiger partial charge on any atom is -0.493 e. The van der Waals surface area contributed by atoms with Crippen LogP contribution in [-0.2, 0) is 14.3 Å². The summed E-state index contributed by atoms with van der Waals surface area (Å²) in [5, 5.41) is 9.71. The van der Waals surface area contributed by atoms with Crippen molar-refractivity contribution in [2.24, 2.45) is 5.73 Å². The fraction of sp³-hybridized carbons (Fsp3) is 0.280. The monoisotopic (exact) mass is 450 g/mol. The van der Waals surface area contributed by atoms with Gasteiger partial charge in [0, 0.05) is 0 Å². The largest absolute Gasteiger partial charge is 0.493 e. The highest BCUT2D eigenvalue weighted by Crippen LogP contribution is 2.42. The number of benzene rings is 2. The first-order valence-corrected chi connectivity index (χ1v) is 10.4. The lowest BCUT2D eigenvalue weighted by Crippen LogP contribution is -2.25. The molecule has 0 aromatic heterocycles. The van der Waals surface area contributed by atoms with Crippen molar-refractivity contribution in [3.63, 3.8) is 0 Å². The van der Waals surface area contributed by atoms with Gasteiger partial charge in [0.2, 0.25) is 5.88 Å². The van der Waals surface area contributed by atoms with Crippen LogP contribution in [0.15, 0.2) is 71.3 Å². The Labute approximate surface area is 192 Å². The number of methoxy groups -OCH3 is 1. The highest BCUT2D eigenvalue weighted by Gasteiger charge is 2.36. The Morgan fingerprint density at radius 2 is 1.85 bits per heavy atom. The van der Waals surface area contributed by atoms with Crippen LogP contribution < -0.4 is 19.9 Å². The number of ether oxygens (including phenoxy) is 5.